The number of rotatable bonds is 2. The van der Waals surface area contributed by atoms with Crippen LogP contribution in [0.2, 0.25) is 5.15 Å². The van der Waals surface area contributed by atoms with Gasteiger partial charge in [0, 0.05) is 17.1 Å². The molecule has 0 aliphatic rings. The van der Waals surface area contributed by atoms with Gasteiger partial charge in [0.1, 0.15) is 17.1 Å². The number of H-pyrrole nitrogens is 1. The molecule has 0 bridgehead atoms. The molecule has 4 aromatic rings. The topological polar surface area (TPSA) is 63.7 Å². The monoisotopic (exact) mass is 310 g/mol. The van der Waals surface area contributed by atoms with E-state index >= 15 is 0 Å². The van der Waals surface area contributed by atoms with Crippen LogP contribution in [-0.2, 0) is 0 Å². The molecule has 4 rings (SSSR count). The first-order chi connectivity index (χ1) is 10.8. The van der Waals surface area contributed by atoms with Crippen LogP contribution in [0.15, 0.2) is 42.9 Å². The molecule has 0 radical (unpaired) electrons. The maximum atomic E-state index is 5.93. The Morgan fingerprint density at radius 2 is 2.00 bits per heavy atom. The van der Waals surface area contributed by atoms with Crippen LogP contribution in [0.3, 0.4) is 0 Å². The van der Waals surface area contributed by atoms with E-state index in [0.29, 0.717) is 11.0 Å². The van der Waals surface area contributed by atoms with Gasteiger partial charge in [0.05, 0.1) is 18.0 Å². The molecule has 0 amide bonds. The highest BCUT2D eigenvalue weighted by atomic mass is 35.5. The summed E-state index contributed by atoms with van der Waals surface area (Å²) < 4.78 is 5.31. The van der Waals surface area contributed by atoms with Crippen LogP contribution < -0.4 is 4.74 Å². The minimum atomic E-state index is 0.467. The summed E-state index contributed by atoms with van der Waals surface area (Å²) in [5, 5.41) is 2.35. The molecule has 22 heavy (non-hydrogen) atoms. The zero-order chi connectivity index (χ0) is 15.1. The van der Waals surface area contributed by atoms with Crippen molar-refractivity contribution in [2.45, 2.75) is 0 Å². The van der Waals surface area contributed by atoms with E-state index in [4.69, 9.17) is 16.3 Å². The molecule has 1 N–H and O–H groups in total. The van der Waals surface area contributed by atoms with Gasteiger partial charge in [-0.3, -0.25) is 0 Å². The number of fused-ring (bicyclic) bond motifs is 2. The van der Waals surface area contributed by atoms with Crippen LogP contribution in [-0.4, -0.2) is 27.0 Å². The van der Waals surface area contributed by atoms with Crippen molar-refractivity contribution in [3.05, 3.63) is 48.0 Å². The van der Waals surface area contributed by atoms with E-state index in [-0.39, 0.29) is 0 Å². The molecule has 6 heteroatoms. The molecule has 1 aromatic carbocycles. The number of halogens is 1. The first-order valence-electron chi connectivity index (χ1n) is 6.69. The van der Waals surface area contributed by atoms with Gasteiger partial charge in [0.25, 0.3) is 0 Å². The molecule has 0 spiro atoms. The second kappa shape index (κ2) is 4.96. The second-order valence-corrected chi connectivity index (χ2v) is 5.23. The standard InChI is InChI=1S/C16H11ClN4O/c1-22-16-11-6-9(2-4-13(11)19-8-20-16)12-7-18-15-10(12)3-5-14(17)21-15/h2-8H,1H3,(H,18,21). The maximum absolute atomic E-state index is 5.93. The van der Waals surface area contributed by atoms with Gasteiger partial charge < -0.3 is 9.72 Å². The Labute approximate surface area is 131 Å². The number of aromatic amines is 1. The zero-order valence-electron chi connectivity index (χ0n) is 11.7. The molecular formula is C16H11ClN4O. The number of hydrogen-bond donors (Lipinski definition) is 1. The Hall–Kier alpha value is -2.66. The van der Waals surface area contributed by atoms with Crippen molar-refractivity contribution >= 4 is 33.5 Å². The Balaban J connectivity index is 1.96. The van der Waals surface area contributed by atoms with E-state index in [0.717, 1.165) is 33.1 Å². The zero-order valence-corrected chi connectivity index (χ0v) is 12.4. The van der Waals surface area contributed by atoms with Gasteiger partial charge in [0.15, 0.2) is 0 Å². The van der Waals surface area contributed by atoms with Gasteiger partial charge in [-0.15, -0.1) is 0 Å². The first-order valence-corrected chi connectivity index (χ1v) is 7.07. The summed E-state index contributed by atoms with van der Waals surface area (Å²) in [4.78, 5) is 15.8. The fourth-order valence-corrected chi connectivity index (χ4v) is 2.73. The van der Waals surface area contributed by atoms with Crippen LogP contribution in [0.25, 0.3) is 33.1 Å². The SMILES string of the molecule is COc1ncnc2ccc(-c3c[nH]c4nc(Cl)ccc34)cc12. The number of hydrogen-bond acceptors (Lipinski definition) is 4. The van der Waals surface area contributed by atoms with E-state index in [1.54, 1.807) is 13.2 Å². The quantitative estimate of drug-likeness (QED) is 0.571. The van der Waals surface area contributed by atoms with Crippen molar-refractivity contribution in [3.8, 4) is 17.0 Å². The summed E-state index contributed by atoms with van der Waals surface area (Å²) in [5.41, 5.74) is 3.69. The minimum absolute atomic E-state index is 0.467. The number of pyridine rings is 1. The first kappa shape index (κ1) is 13.0. The van der Waals surface area contributed by atoms with E-state index in [1.807, 2.05) is 30.5 Å². The average molecular weight is 311 g/mol. The highest BCUT2D eigenvalue weighted by Gasteiger charge is 2.10. The summed E-state index contributed by atoms with van der Waals surface area (Å²) in [7, 11) is 1.60. The average Bonchev–Trinajstić information content (AvgIpc) is 2.96. The Kier molecular flexibility index (Phi) is 2.94. The smallest absolute Gasteiger partial charge is 0.224 e. The maximum Gasteiger partial charge on any atom is 0.224 e. The van der Waals surface area contributed by atoms with Gasteiger partial charge in [-0.1, -0.05) is 17.7 Å². The van der Waals surface area contributed by atoms with Gasteiger partial charge >= 0.3 is 0 Å². The normalized spacial score (nSPS) is 11.2. The van der Waals surface area contributed by atoms with Crippen LogP contribution in [0.4, 0.5) is 0 Å². The molecular weight excluding hydrogens is 300 g/mol. The third-order valence-corrected chi connectivity index (χ3v) is 3.82. The predicted molar refractivity (Wildman–Crippen MR) is 86.2 cm³/mol. The fourth-order valence-electron chi connectivity index (χ4n) is 2.58. The molecule has 0 saturated heterocycles. The molecule has 108 valence electrons. The van der Waals surface area contributed by atoms with Gasteiger partial charge in [-0.05, 0) is 29.8 Å². The van der Waals surface area contributed by atoms with Crippen LogP contribution in [0.1, 0.15) is 0 Å². The summed E-state index contributed by atoms with van der Waals surface area (Å²) in [5.74, 6) is 0.563. The van der Waals surface area contributed by atoms with Gasteiger partial charge in [0.2, 0.25) is 5.88 Å². The van der Waals surface area contributed by atoms with Crippen LogP contribution in [0.5, 0.6) is 5.88 Å². The number of nitrogens with zero attached hydrogens (tertiary/aromatic N) is 3. The van der Waals surface area contributed by atoms with Gasteiger partial charge in [-0.25, -0.2) is 15.0 Å². The third kappa shape index (κ3) is 1.98. The minimum Gasteiger partial charge on any atom is -0.480 e. The van der Waals surface area contributed by atoms with Crippen molar-refractivity contribution < 1.29 is 4.74 Å². The lowest BCUT2D eigenvalue weighted by molar-refractivity contribution is 0.402. The molecule has 0 fully saturated rings. The van der Waals surface area contributed by atoms with E-state index in [1.165, 1.54) is 6.33 Å². The van der Waals surface area contributed by atoms with E-state index < -0.39 is 0 Å². The number of nitrogens with one attached hydrogen (secondary N) is 1. The van der Waals surface area contributed by atoms with Crippen molar-refractivity contribution in [1.29, 1.82) is 0 Å². The van der Waals surface area contributed by atoms with Crippen molar-refractivity contribution in [2.75, 3.05) is 7.11 Å². The lowest BCUT2D eigenvalue weighted by atomic mass is 10.0. The summed E-state index contributed by atoms with van der Waals surface area (Å²) in [6.07, 6.45) is 3.42. The van der Waals surface area contributed by atoms with Crippen molar-refractivity contribution in [3.63, 3.8) is 0 Å². The molecule has 5 nitrogen and oxygen atoms in total. The Morgan fingerprint density at radius 3 is 2.86 bits per heavy atom. The lowest BCUT2D eigenvalue weighted by Crippen LogP contribution is -1.91. The Morgan fingerprint density at radius 1 is 1.09 bits per heavy atom. The van der Waals surface area contributed by atoms with Crippen molar-refractivity contribution in [1.82, 2.24) is 19.9 Å². The number of methoxy groups -OCH3 is 1. The summed E-state index contributed by atoms with van der Waals surface area (Å²) in [6.45, 7) is 0. The summed E-state index contributed by atoms with van der Waals surface area (Å²) >= 11 is 5.93. The largest absolute Gasteiger partial charge is 0.480 e. The molecule has 3 aromatic heterocycles. The summed E-state index contributed by atoms with van der Waals surface area (Å²) in [6, 6.07) is 9.74. The Bertz CT molecular complexity index is 996. The highest BCUT2D eigenvalue weighted by Crippen LogP contribution is 2.32. The molecule has 0 atom stereocenters. The lowest BCUT2D eigenvalue weighted by Gasteiger charge is -2.05. The van der Waals surface area contributed by atoms with Gasteiger partial charge in [-0.2, -0.15) is 0 Å². The van der Waals surface area contributed by atoms with Crippen LogP contribution >= 0.6 is 11.6 Å². The molecule has 0 saturated carbocycles. The fraction of sp³-hybridized carbons (Fsp3) is 0.0625. The molecule has 0 unspecified atom stereocenters. The highest BCUT2D eigenvalue weighted by molar-refractivity contribution is 6.29. The van der Waals surface area contributed by atoms with E-state index in [2.05, 4.69) is 19.9 Å². The molecule has 0 aliphatic heterocycles. The van der Waals surface area contributed by atoms with Crippen molar-refractivity contribution in [2.24, 2.45) is 0 Å². The number of aromatic nitrogens is 4. The number of ether oxygens (including phenoxy) is 1. The third-order valence-electron chi connectivity index (χ3n) is 3.61. The number of benzene rings is 1. The second-order valence-electron chi connectivity index (χ2n) is 4.85. The van der Waals surface area contributed by atoms with E-state index in [9.17, 15) is 0 Å². The predicted octanol–water partition coefficient (Wildman–Crippen LogP) is 3.84. The van der Waals surface area contributed by atoms with Crippen LogP contribution in [0, 0.1) is 0 Å². The molecule has 0 aliphatic carbocycles. The molecule has 3 heterocycles.